The Kier molecular flexibility index (Phi) is 8.37. The van der Waals surface area contributed by atoms with E-state index in [1.54, 1.807) is 17.2 Å². The van der Waals surface area contributed by atoms with Crippen molar-refractivity contribution in [2.75, 3.05) is 49.6 Å². The van der Waals surface area contributed by atoms with Gasteiger partial charge >= 0.3 is 6.09 Å². The minimum Gasteiger partial charge on any atom is -0.444 e. The number of carbonyl (C=O) groups is 1. The third-order valence-corrected chi connectivity index (χ3v) is 7.85. The Morgan fingerprint density at radius 2 is 1.87 bits per heavy atom. The fraction of sp³-hybridized carbons (Fsp3) is 0.353. The Bertz CT molecular complexity index is 1770. The van der Waals surface area contributed by atoms with Gasteiger partial charge in [0.15, 0.2) is 0 Å². The zero-order valence-corrected chi connectivity index (χ0v) is 25.9. The van der Waals surface area contributed by atoms with Gasteiger partial charge in [-0.25, -0.2) is 23.5 Å². The summed E-state index contributed by atoms with van der Waals surface area (Å²) in [5.41, 5.74) is 4.34. The van der Waals surface area contributed by atoms with Crippen molar-refractivity contribution < 1.29 is 23.0 Å². The average molecular weight is 615 g/mol. The van der Waals surface area contributed by atoms with Crippen molar-refractivity contribution in [3.63, 3.8) is 0 Å². The minimum atomic E-state index is -0.718. The number of morpholine rings is 1. The summed E-state index contributed by atoms with van der Waals surface area (Å²) in [7, 11) is 0. The zero-order chi connectivity index (χ0) is 31.7. The number of ether oxygens (including phenoxy) is 2. The number of hydrogen-bond donors (Lipinski definition) is 1. The molecule has 1 N–H and O–H groups in total. The molecule has 45 heavy (non-hydrogen) atoms. The maximum absolute atomic E-state index is 15.6. The van der Waals surface area contributed by atoms with E-state index in [1.807, 2.05) is 58.2 Å². The lowest BCUT2D eigenvalue weighted by Gasteiger charge is -2.31. The largest absolute Gasteiger partial charge is 0.444 e. The Balaban J connectivity index is 1.45. The van der Waals surface area contributed by atoms with Gasteiger partial charge in [-0.05, 0) is 51.8 Å². The fourth-order valence-corrected chi connectivity index (χ4v) is 5.62. The summed E-state index contributed by atoms with van der Waals surface area (Å²) in [5.74, 6) is -0.677. The van der Waals surface area contributed by atoms with E-state index in [-0.39, 0.29) is 17.0 Å². The molecule has 0 saturated carbocycles. The number of rotatable bonds is 5. The maximum atomic E-state index is 15.6. The molecule has 9 nitrogen and oxygen atoms in total. The molecule has 0 unspecified atom stereocenters. The van der Waals surface area contributed by atoms with Crippen molar-refractivity contribution >= 4 is 39.8 Å². The lowest BCUT2D eigenvalue weighted by atomic mass is 9.98. The number of aromatic nitrogens is 3. The molecule has 4 aromatic rings. The Hall–Kier alpha value is -4.64. The van der Waals surface area contributed by atoms with Crippen LogP contribution >= 0.6 is 0 Å². The quantitative estimate of drug-likeness (QED) is 0.260. The van der Waals surface area contributed by atoms with E-state index >= 15 is 4.39 Å². The van der Waals surface area contributed by atoms with E-state index < -0.39 is 17.2 Å². The van der Waals surface area contributed by atoms with Gasteiger partial charge in [-0.3, -0.25) is 4.98 Å². The van der Waals surface area contributed by atoms with Gasteiger partial charge in [0.05, 0.1) is 46.9 Å². The number of pyridine rings is 3. The Labute approximate surface area is 260 Å². The van der Waals surface area contributed by atoms with E-state index in [1.165, 1.54) is 6.07 Å². The molecule has 0 aliphatic carbocycles. The molecule has 1 aromatic carbocycles. The molecule has 1 fully saturated rings. The van der Waals surface area contributed by atoms with Crippen molar-refractivity contribution in [1.82, 2.24) is 19.9 Å². The monoisotopic (exact) mass is 614 g/mol. The van der Waals surface area contributed by atoms with Crippen LogP contribution in [0.25, 0.3) is 27.9 Å². The molecule has 11 heteroatoms. The van der Waals surface area contributed by atoms with E-state index in [0.717, 1.165) is 23.0 Å². The van der Waals surface area contributed by atoms with Crippen LogP contribution in [0.3, 0.4) is 0 Å². The highest BCUT2D eigenvalue weighted by Crippen LogP contribution is 2.39. The number of amides is 1. The molecule has 234 valence electrons. The van der Waals surface area contributed by atoms with Crippen LogP contribution in [-0.4, -0.2) is 70.9 Å². The SMILES string of the molecule is Cc1c(-c2ccccn2)nc2cc(F)cc(F)c2c1Nc1cc(N2CCOCC2)ncc1C1=CCN(C(=O)OC(C)(C)C)CC1. The van der Waals surface area contributed by atoms with Gasteiger partial charge in [-0.2, -0.15) is 0 Å². The smallest absolute Gasteiger partial charge is 0.410 e. The summed E-state index contributed by atoms with van der Waals surface area (Å²) in [5, 5.41) is 3.70. The van der Waals surface area contributed by atoms with Crippen LogP contribution in [0.1, 0.15) is 38.3 Å². The van der Waals surface area contributed by atoms with Crippen molar-refractivity contribution in [3.05, 3.63) is 77.6 Å². The molecular formula is C34H36F2N6O3. The zero-order valence-electron chi connectivity index (χ0n) is 25.9. The van der Waals surface area contributed by atoms with Crippen LogP contribution in [0, 0.1) is 18.6 Å². The molecule has 2 aliphatic rings. The van der Waals surface area contributed by atoms with Crippen LogP contribution in [0.4, 0.5) is 30.8 Å². The average Bonchev–Trinajstić information content (AvgIpc) is 3.02. The number of nitrogens with one attached hydrogen (secondary N) is 1. The molecule has 3 aromatic heterocycles. The molecule has 1 amide bonds. The number of fused-ring (bicyclic) bond motifs is 1. The molecule has 5 heterocycles. The highest BCUT2D eigenvalue weighted by Gasteiger charge is 2.26. The Morgan fingerprint density at radius 3 is 2.56 bits per heavy atom. The van der Waals surface area contributed by atoms with Crippen LogP contribution in [-0.2, 0) is 9.47 Å². The molecule has 6 rings (SSSR count). The summed E-state index contributed by atoms with van der Waals surface area (Å²) < 4.78 is 41.1. The van der Waals surface area contributed by atoms with Crippen molar-refractivity contribution in [2.45, 2.75) is 39.7 Å². The van der Waals surface area contributed by atoms with E-state index in [4.69, 9.17) is 14.5 Å². The first-order chi connectivity index (χ1) is 21.6. The van der Waals surface area contributed by atoms with E-state index in [0.29, 0.717) is 74.1 Å². The first-order valence-corrected chi connectivity index (χ1v) is 15.1. The number of nitrogens with zero attached hydrogens (tertiary/aromatic N) is 5. The second-order valence-electron chi connectivity index (χ2n) is 12.2. The highest BCUT2D eigenvalue weighted by atomic mass is 19.1. The van der Waals surface area contributed by atoms with Gasteiger partial charge in [0.1, 0.15) is 23.1 Å². The number of anilines is 3. The minimum absolute atomic E-state index is 0.176. The van der Waals surface area contributed by atoms with Crippen molar-refractivity contribution in [1.29, 1.82) is 0 Å². The van der Waals surface area contributed by atoms with Gasteiger partial charge in [-0.15, -0.1) is 0 Å². The topological polar surface area (TPSA) is 92.7 Å². The number of benzene rings is 1. The predicted octanol–water partition coefficient (Wildman–Crippen LogP) is 6.88. The van der Waals surface area contributed by atoms with Gasteiger partial charge in [-0.1, -0.05) is 12.1 Å². The molecular weight excluding hydrogens is 578 g/mol. The molecule has 0 bridgehead atoms. The summed E-state index contributed by atoms with van der Waals surface area (Å²) in [6.07, 6.45) is 5.68. The normalized spacial score (nSPS) is 15.6. The van der Waals surface area contributed by atoms with Gasteiger partial charge < -0.3 is 24.6 Å². The third-order valence-electron chi connectivity index (χ3n) is 7.85. The second kappa shape index (κ2) is 12.4. The molecule has 0 radical (unpaired) electrons. The second-order valence-corrected chi connectivity index (χ2v) is 12.2. The first-order valence-electron chi connectivity index (χ1n) is 15.1. The predicted molar refractivity (Wildman–Crippen MR) is 171 cm³/mol. The first kappa shape index (κ1) is 30.4. The van der Waals surface area contributed by atoms with Crippen LogP contribution < -0.4 is 10.2 Å². The highest BCUT2D eigenvalue weighted by molar-refractivity contribution is 5.99. The molecule has 2 aliphatic heterocycles. The fourth-order valence-electron chi connectivity index (χ4n) is 5.62. The van der Waals surface area contributed by atoms with Gasteiger partial charge in [0.25, 0.3) is 0 Å². The molecule has 0 spiro atoms. The summed E-state index contributed by atoms with van der Waals surface area (Å²) in [6.45, 7) is 10.8. The maximum Gasteiger partial charge on any atom is 0.410 e. The van der Waals surface area contributed by atoms with Crippen LogP contribution in [0.15, 0.2) is 54.9 Å². The van der Waals surface area contributed by atoms with Crippen molar-refractivity contribution in [2.24, 2.45) is 0 Å². The van der Waals surface area contributed by atoms with Crippen LogP contribution in [0.5, 0.6) is 0 Å². The summed E-state index contributed by atoms with van der Waals surface area (Å²) in [6, 6.07) is 9.52. The van der Waals surface area contributed by atoms with E-state index in [2.05, 4.69) is 20.2 Å². The molecule has 1 saturated heterocycles. The number of hydrogen-bond acceptors (Lipinski definition) is 8. The van der Waals surface area contributed by atoms with Gasteiger partial charge in [0.2, 0.25) is 0 Å². The van der Waals surface area contributed by atoms with Gasteiger partial charge in [0, 0.05) is 67.9 Å². The Morgan fingerprint density at radius 1 is 1.07 bits per heavy atom. The standard InChI is InChI=1S/C34H36F2N6O3/c1-21-31(26-7-5-6-10-37-26)40-28-18-23(35)17-25(36)30(28)32(21)39-27-19-29(41-13-15-44-16-14-41)38-20-24(27)22-8-11-42(12-9-22)33(43)45-34(2,3)4/h5-8,10,17-20H,9,11-16H2,1-4H3,(H,38,39,40). The summed E-state index contributed by atoms with van der Waals surface area (Å²) >= 11 is 0. The molecule has 0 atom stereocenters. The lowest BCUT2D eigenvalue weighted by molar-refractivity contribution is 0.0270. The lowest BCUT2D eigenvalue weighted by Crippen LogP contribution is -2.39. The van der Waals surface area contributed by atoms with Crippen molar-refractivity contribution in [3.8, 4) is 11.4 Å². The van der Waals surface area contributed by atoms with E-state index in [9.17, 15) is 9.18 Å². The summed E-state index contributed by atoms with van der Waals surface area (Å²) in [4.78, 5) is 30.4. The van der Waals surface area contributed by atoms with Crippen LogP contribution in [0.2, 0.25) is 0 Å². The number of halogens is 2. The number of carbonyl (C=O) groups excluding carboxylic acids is 1. The third kappa shape index (κ3) is 6.58.